The molecule has 1 aliphatic carbocycles. The molecule has 31 heavy (non-hydrogen) atoms. The van der Waals surface area contributed by atoms with E-state index in [1.54, 1.807) is 0 Å². The number of carbonyl (C=O) groups excluding carboxylic acids is 1. The fourth-order valence-corrected chi connectivity index (χ4v) is 4.96. The highest BCUT2D eigenvalue weighted by Gasteiger charge is 2.64. The van der Waals surface area contributed by atoms with Crippen molar-refractivity contribution in [3.63, 3.8) is 0 Å². The average Bonchev–Trinajstić information content (AvgIpc) is 2.97. The number of hydrogen-bond acceptors (Lipinski definition) is 4. The molecule has 0 saturated heterocycles. The second kappa shape index (κ2) is 6.74. The monoisotopic (exact) mass is 458 g/mol. The zero-order valence-electron chi connectivity index (χ0n) is 16.5. The number of carbonyl (C=O) groups is 1. The predicted octanol–water partition coefficient (Wildman–Crippen LogP) is 4.56. The van der Waals surface area contributed by atoms with Crippen LogP contribution in [0.1, 0.15) is 53.4 Å². The molecule has 4 N–H and O–H groups in total. The number of nitrogens with one attached hydrogen (secondary N) is 2. The Hall–Kier alpha value is -2.52. The number of phenolic OH excluding ortho intramolecular Hbond substituents is 1. The molecule has 1 aliphatic heterocycles. The van der Waals surface area contributed by atoms with E-state index in [4.69, 9.17) is 11.6 Å². The molecule has 0 bridgehead atoms. The second-order valence-electron chi connectivity index (χ2n) is 8.61. The van der Waals surface area contributed by atoms with Crippen molar-refractivity contribution in [1.29, 1.82) is 0 Å². The van der Waals surface area contributed by atoms with Gasteiger partial charge >= 0.3 is 6.18 Å². The first kappa shape index (κ1) is 21.7. The van der Waals surface area contributed by atoms with Crippen molar-refractivity contribution in [3.05, 3.63) is 57.4 Å². The van der Waals surface area contributed by atoms with Gasteiger partial charge < -0.3 is 20.8 Å². The highest BCUT2D eigenvalue weighted by molar-refractivity contribution is 6.30. The van der Waals surface area contributed by atoms with Gasteiger partial charge in [-0.3, -0.25) is 4.79 Å². The van der Waals surface area contributed by atoms with Gasteiger partial charge in [-0.1, -0.05) is 25.4 Å². The molecule has 0 fully saturated rings. The molecule has 0 aromatic heterocycles. The number of fused-ring (bicyclic) bond motifs is 2. The van der Waals surface area contributed by atoms with Gasteiger partial charge in [-0.2, -0.15) is 13.2 Å². The predicted molar refractivity (Wildman–Crippen MR) is 106 cm³/mol. The van der Waals surface area contributed by atoms with Gasteiger partial charge in [-0.25, -0.2) is 4.39 Å². The molecular weight excluding hydrogens is 440 g/mol. The number of halogens is 5. The lowest BCUT2D eigenvalue weighted by Crippen LogP contribution is -2.58. The first-order chi connectivity index (χ1) is 14.2. The van der Waals surface area contributed by atoms with Crippen LogP contribution in [0.4, 0.5) is 23.2 Å². The Kier molecular flexibility index (Phi) is 4.72. The second-order valence-corrected chi connectivity index (χ2v) is 9.05. The van der Waals surface area contributed by atoms with Crippen LogP contribution in [-0.4, -0.2) is 27.9 Å². The first-order valence-electron chi connectivity index (χ1n) is 9.44. The maximum absolute atomic E-state index is 14.2. The normalized spacial score (nSPS) is 24.4. The van der Waals surface area contributed by atoms with Crippen LogP contribution >= 0.6 is 11.6 Å². The van der Waals surface area contributed by atoms with E-state index in [-0.39, 0.29) is 45.3 Å². The van der Waals surface area contributed by atoms with Crippen molar-refractivity contribution in [1.82, 2.24) is 5.32 Å². The number of rotatable bonds is 2. The smallest absolute Gasteiger partial charge is 0.419 e. The number of phenols is 1. The topological polar surface area (TPSA) is 81.6 Å². The maximum Gasteiger partial charge on any atom is 0.419 e. The summed E-state index contributed by atoms with van der Waals surface area (Å²) >= 11 is 6.02. The fraction of sp³-hybridized carbons (Fsp3) is 0.381. The Bertz CT molecular complexity index is 1100. The molecule has 5 nitrogen and oxygen atoms in total. The summed E-state index contributed by atoms with van der Waals surface area (Å²) in [6.07, 6.45) is -5.83. The van der Waals surface area contributed by atoms with Gasteiger partial charge in [0.15, 0.2) is 5.60 Å². The molecule has 2 aliphatic rings. The summed E-state index contributed by atoms with van der Waals surface area (Å²) in [5.41, 5.74) is -4.16. The minimum absolute atomic E-state index is 0.00310. The van der Waals surface area contributed by atoms with Gasteiger partial charge in [0.25, 0.3) is 5.91 Å². The zero-order valence-corrected chi connectivity index (χ0v) is 17.2. The van der Waals surface area contributed by atoms with E-state index < -0.39 is 41.4 Å². The van der Waals surface area contributed by atoms with Crippen LogP contribution in [0.5, 0.6) is 5.75 Å². The van der Waals surface area contributed by atoms with E-state index in [1.807, 2.05) is 0 Å². The highest BCUT2D eigenvalue weighted by Crippen LogP contribution is 2.56. The van der Waals surface area contributed by atoms with E-state index in [1.165, 1.54) is 26.0 Å². The summed E-state index contributed by atoms with van der Waals surface area (Å²) in [6, 6.07) is 2.62. The first-order valence-corrected chi connectivity index (χ1v) is 9.81. The largest absolute Gasteiger partial charge is 0.508 e. The summed E-state index contributed by atoms with van der Waals surface area (Å²) in [4.78, 5) is 11.9. The molecule has 1 heterocycles. The minimum Gasteiger partial charge on any atom is -0.508 e. The molecule has 2 atom stereocenters. The van der Waals surface area contributed by atoms with Crippen molar-refractivity contribution >= 4 is 23.2 Å². The number of benzene rings is 2. The van der Waals surface area contributed by atoms with Crippen LogP contribution in [0.15, 0.2) is 24.3 Å². The lowest BCUT2D eigenvalue weighted by Gasteiger charge is -2.49. The van der Waals surface area contributed by atoms with Crippen LogP contribution in [0.3, 0.4) is 0 Å². The molecule has 2 unspecified atom stereocenters. The Balaban J connectivity index is 1.95. The van der Waals surface area contributed by atoms with E-state index in [2.05, 4.69) is 10.6 Å². The van der Waals surface area contributed by atoms with E-state index >= 15 is 0 Å². The number of aromatic hydroxyl groups is 1. The third kappa shape index (κ3) is 3.30. The van der Waals surface area contributed by atoms with Gasteiger partial charge in [-0.15, -0.1) is 0 Å². The quantitative estimate of drug-likeness (QED) is 0.497. The Labute approximate surface area is 180 Å². The molecule has 0 spiro atoms. The van der Waals surface area contributed by atoms with Gasteiger partial charge in [0.2, 0.25) is 0 Å². The zero-order chi connectivity index (χ0) is 22.9. The van der Waals surface area contributed by atoms with Crippen molar-refractivity contribution in [2.24, 2.45) is 0 Å². The average molecular weight is 459 g/mol. The lowest BCUT2D eigenvalue weighted by atomic mass is 9.63. The number of hydrogen-bond donors (Lipinski definition) is 4. The Morgan fingerprint density at radius 1 is 1.23 bits per heavy atom. The minimum atomic E-state index is -5.07. The maximum atomic E-state index is 14.2. The standard InChI is InChI=1S/C21H19ClF4N2O3/c1-19(2)8-20(31,21(24,25)26)17(12-3-9(22)4-15(29)16(12)19)28-14-6-10(23)5-11-13(14)7-27-18(11)30/h3-6,17,28-29,31H,7-8H2,1-2H3,(H,27,30). The molecule has 0 radical (unpaired) electrons. The molecule has 2 aromatic rings. The number of amides is 1. The van der Waals surface area contributed by atoms with Gasteiger partial charge in [0.05, 0.1) is 6.04 Å². The summed E-state index contributed by atoms with van der Waals surface area (Å²) in [6.45, 7) is 2.96. The van der Waals surface area contributed by atoms with Crippen LogP contribution in [0, 0.1) is 5.82 Å². The van der Waals surface area contributed by atoms with E-state index in [9.17, 15) is 32.6 Å². The van der Waals surface area contributed by atoms with Crippen LogP contribution < -0.4 is 10.6 Å². The number of anilines is 1. The molecule has 10 heteroatoms. The molecule has 4 rings (SSSR count). The molecule has 0 saturated carbocycles. The van der Waals surface area contributed by atoms with Crippen molar-refractivity contribution < 1.29 is 32.6 Å². The van der Waals surface area contributed by atoms with Gasteiger partial charge in [0, 0.05) is 33.9 Å². The van der Waals surface area contributed by atoms with Gasteiger partial charge in [0.1, 0.15) is 11.6 Å². The number of aliphatic hydroxyl groups is 1. The van der Waals surface area contributed by atoms with E-state index in [0.717, 1.165) is 12.1 Å². The van der Waals surface area contributed by atoms with Crippen LogP contribution in [-0.2, 0) is 12.0 Å². The fourth-order valence-electron chi connectivity index (χ4n) is 4.74. The van der Waals surface area contributed by atoms with Crippen molar-refractivity contribution in [3.8, 4) is 5.75 Å². The van der Waals surface area contributed by atoms with Crippen molar-refractivity contribution in [2.75, 3.05) is 5.32 Å². The highest BCUT2D eigenvalue weighted by atomic mass is 35.5. The summed E-state index contributed by atoms with van der Waals surface area (Å²) in [5, 5.41) is 26.5. The molecule has 2 aromatic carbocycles. The molecule has 166 valence electrons. The van der Waals surface area contributed by atoms with Crippen LogP contribution in [0.2, 0.25) is 5.02 Å². The molecular formula is C21H19ClF4N2O3. The van der Waals surface area contributed by atoms with Crippen LogP contribution in [0.25, 0.3) is 0 Å². The number of alkyl halides is 3. The van der Waals surface area contributed by atoms with Gasteiger partial charge in [-0.05, 0) is 41.7 Å². The lowest BCUT2D eigenvalue weighted by molar-refractivity contribution is -0.276. The molecule has 1 amide bonds. The third-order valence-corrected chi connectivity index (χ3v) is 6.18. The van der Waals surface area contributed by atoms with Crippen molar-refractivity contribution in [2.45, 2.75) is 50.0 Å². The van der Waals surface area contributed by atoms with E-state index in [0.29, 0.717) is 0 Å². The summed E-state index contributed by atoms with van der Waals surface area (Å²) in [5.74, 6) is -1.67. The summed E-state index contributed by atoms with van der Waals surface area (Å²) in [7, 11) is 0. The third-order valence-electron chi connectivity index (χ3n) is 5.97. The Morgan fingerprint density at radius 3 is 2.55 bits per heavy atom. The summed E-state index contributed by atoms with van der Waals surface area (Å²) < 4.78 is 56.8. The SMILES string of the molecule is CC1(C)CC(O)(C(F)(F)F)C(Nc2cc(F)cc3c2CNC3=O)c2cc(Cl)cc(O)c21. The Morgan fingerprint density at radius 2 is 1.90 bits per heavy atom.